The molecule has 0 bridgehead atoms. The van der Waals surface area contributed by atoms with Crippen LogP contribution < -0.4 is 11.1 Å². The SMILES string of the molecule is CC(C)(CN)CNc1nc(C=Cc2ccc(-c3ccccc3)cc2)nc2cc(Cl)ccc12. The number of hydrogen-bond donors (Lipinski definition) is 2. The molecule has 0 aliphatic rings. The quantitative estimate of drug-likeness (QED) is 0.342. The fourth-order valence-corrected chi connectivity index (χ4v) is 3.48. The summed E-state index contributed by atoms with van der Waals surface area (Å²) in [6, 6.07) is 24.5. The molecule has 0 amide bonds. The van der Waals surface area contributed by atoms with E-state index in [1.807, 2.05) is 48.6 Å². The Morgan fingerprint density at radius 1 is 0.906 bits per heavy atom. The number of benzene rings is 3. The van der Waals surface area contributed by atoms with Crippen molar-refractivity contribution >= 4 is 40.5 Å². The molecule has 0 saturated heterocycles. The third kappa shape index (κ3) is 5.34. The number of rotatable bonds is 7. The summed E-state index contributed by atoms with van der Waals surface area (Å²) in [4.78, 5) is 9.45. The largest absolute Gasteiger partial charge is 0.369 e. The van der Waals surface area contributed by atoms with Gasteiger partial charge in [-0.1, -0.05) is 86.1 Å². The third-order valence-corrected chi connectivity index (χ3v) is 5.64. The Morgan fingerprint density at radius 2 is 1.62 bits per heavy atom. The lowest BCUT2D eigenvalue weighted by Gasteiger charge is -2.23. The van der Waals surface area contributed by atoms with Gasteiger partial charge in [-0.25, -0.2) is 9.97 Å². The Balaban J connectivity index is 1.61. The maximum atomic E-state index is 6.22. The number of nitrogens with two attached hydrogens (primary N) is 1. The van der Waals surface area contributed by atoms with Gasteiger partial charge in [-0.2, -0.15) is 0 Å². The van der Waals surface area contributed by atoms with Crippen LogP contribution in [0.5, 0.6) is 0 Å². The molecule has 0 atom stereocenters. The number of halogens is 1. The van der Waals surface area contributed by atoms with Gasteiger partial charge in [0.1, 0.15) is 5.82 Å². The first-order valence-corrected chi connectivity index (χ1v) is 11.1. The zero-order valence-corrected chi connectivity index (χ0v) is 19.1. The molecule has 0 unspecified atom stereocenters. The molecule has 0 fully saturated rings. The maximum absolute atomic E-state index is 6.22. The highest BCUT2D eigenvalue weighted by Gasteiger charge is 2.16. The summed E-state index contributed by atoms with van der Waals surface area (Å²) in [6.45, 7) is 5.54. The number of fused-ring (bicyclic) bond motifs is 1. The molecular formula is C27H27ClN4. The Hall–Kier alpha value is -3.21. The first-order chi connectivity index (χ1) is 15.4. The Bertz CT molecular complexity index is 1230. The van der Waals surface area contributed by atoms with E-state index in [4.69, 9.17) is 27.3 Å². The van der Waals surface area contributed by atoms with Gasteiger partial charge in [0.15, 0.2) is 5.82 Å². The van der Waals surface area contributed by atoms with Crippen molar-refractivity contribution in [1.82, 2.24) is 9.97 Å². The van der Waals surface area contributed by atoms with Crippen molar-refractivity contribution in [2.75, 3.05) is 18.4 Å². The van der Waals surface area contributed by atoms with Gasteiger partial charge in [-0.15, -0.1) is 0 Å². The van der Waals surface area contributed by atoms with E-state index in [2.05, 4.69) is 55.6 Å². The molecule has 1 aromatic heterocycles. The molecule has 4 rings (SSSR count). The van der Waals surface area contributed by atoms with Crippen LogP contribution in [-0.2, 0) is 0 Å². The van der Waals surface area contributed by atoms with Gasteiger partial charge >= 0.3 is 0 Å². The summed E-state index contributed by atoms with van der Waals surface area (Å²) in [5, 5.41) is 5.04. The van der Waals surface area contributed by atoms with E-state index in [0.717, 1.165) is 22.3 Å². The normalized spacial score (nSPS) is 11.9. The Labute approximate surface area is 194 Å². The number of nitrogens with one attached hydrogen (secondary N) is 1. The van der Waals surface area contributed by atoms with Crippen LogP contribution in [0.3, 0.4) is 0 Å². The van der Waals surface area contributed by atoms with E-state index in [1.54, 1.807) is 0 Å². The monoisotopic (exact) mass is 442 g/mol. The van der Waals surface area contributed by atoms with Gasteiger partial charge in [0.25, 0.3) is 0 Å². The van der Waals surface area contributed by atoms with Crippen molar-refractivity contribution < 1.29 is 0 Å². The number of hydrogen-bond acceptors (Lipinski definition) is 4. The lowest BCUT2D eigenvalue weighted by Crippen LogP contribution is -2.31. The lowest BCUT2D eigenvalue weighted by molar-refractivity contribution is 0.405. The topological polar surface area (TPSA) is 63.8 Å². The van der Waals surface area contributed by atoms with E-state index in [1.165, 1.54) is 11.1 Å². The molecule has 4 nitrogen and oxygen atoms in total. The van der Waals surface area contributed by atoms with E-state index in [9.17, 15) is 0 Å². The zero-order valence-electron chi connectivity index (χ0n) is 18.3. The van der Waals surface area contributed by atoms with Crippen LogP contribution in [0, 0.1) is 5.41 Å². The fraction of sp³-hybridized carbons (Fsp3) is 0.185. The van der Waals surface area contributed by atoms with Crippen LogP contribution in [0.15, 0.2) is 72.8 Å². The van der Waals surface area contributed by atoms with Gasteiger partial charge in [0, 0.05) is 17.0 Å². The highest BCUT2D eigenvalue weighted by molar-refractivity contribution is 6.31. The van der Waals surface area contributed by atoms with Gasteiger partial charge < -0.3 is 11.1 Å². The van der Waals surface area contributed by atoms with Crippen molar-refractivity contribution in [3.05, 3.63) is 89.2 Å². The zero-order chi connectivity index (χ0) is 22.6. The van der Waals surface area contributed by atoms with Gasteiger partial charge in [-0.05, 0) is 52.9 Å². The molecule has 0 aliphatic carbocycles. The molecule has 32 heavy (non-hydrogen) atoms. The molecule has 5 heteroatoms. The number of nitrogens with zero attached hydrogens (tertiary/aromatic N) is 2. The van der Waals surface area contributed by atoms with Gasteiger partial charge in [-0.3, -0.25) is 0 Å². The number of anilines is 1. The smallest absolute Gasteiger partial charge is 0.154 e. The van der Waals surface area contributed by atoms with Crippen molar-refractivity contribution in [1.29, 1.82) is 0 Å². The predicted octanol–water partition coefficient (Wildman–Crippen LogP) is 6.52. The minimum absolute atomic E-state index is 0.0415. The average molecular weight is 443 g/mol. The fourth-order valence-electron chi connectivity index (χ4n) is 3.31. The second kappa shape index (κ2) is 9.51. The molecule has 3 N–H and O–H groups in total. The van der Waals surface area contributed by atoms with Gasteiger partial charge in [0.05, 0.1) is 5.52 Å². The molecule has 0 spiro atoms. The molecule has 0 saturated carbocycles. The Kier molecular flexibility index (Phi) is 6.54. The highest BCUT2D eigenvalue weighted by Crippen LogP contribution is 2.26. The Morgan fingerprint density at radius 3 is 2.34 bits per heavy atom. The van der Waals surface area contributed by atoms with Crippen LogP contribution in [0.4, 0.5) is 5.82 Å². The maximum Gasteiger partial charge on any atom is 0.154 e. The molecule has 4 aromatic rings. The molecular weight excluding hydrogens is 416 g/mol. The molecule has 1 heterocycles. The second-order valence-corrected chi connectivity index (χ2v) is 9.07. The van der Waals surface area contributed by atoms with Crippen LogP contribution in [0.25, 0.3) is 34.2 Å². The van der Waals surface area contributed by atoms with Crippen molar-refractivity contribution in [2.24, 2.45) is 11.1 Å². The molecule has 0 radical (unpaired) electrons. The average Bonchev–Trinajstić information content (AvgIpc) is 2.82. The van der Waals surface area contributed by atoms with Crippen LogP contribution >= 0.6 is 11.6 Å². The van der Waals surface area contributed by atoms with Crippen LogP contribution in [0.1, 0.15) is 25.2 Å². The second-order valence-electron chi connectivity index (χ2n) is 8.64. The third-order valence-electron chi connectivity index (χ3n) is 5.41. The lowest BCUT2D eigenvalue weighted by atomic mass is 9.94. The summed E-state index contributed by atoms with van der Waals surface area (Å²) in [5.41, 5.74) is 10.1. The van der Waals surface area contributed by atoms with Crippen molar-refractivity contribution in [3.8, 4) is 11.1 Å². The molecule has 0 aliphatic heterocycles. The summed E-state index contributed by atoms with van der Waals surface area (Å²) < 4.78 is 0. The van der Waals surface area contributed by atoms with Gasteiger partial charge in [0.2, 0.25) is 0 Å². The molecule has 3 aromatic carbocycles. The molecule has 162 valence electrons. The van der Waals surface area contributed by atoms with E-state index in [-0.39, 0.29) is 5.41 Å². The van der Waals surface area contributed by atoms with Crippen molar-refractivity contribution in [2.45, 2.75) is 13.8 Å². The van der Waals surface area contributed by atoms with Crippen molar-refractivity contribution in [3.63, 3.8) is 0 Å². The number of aromatic nitrogens is 2. The predicted molar refractivity (Wildman–Crippen MR) is 137 cm³/mol. The first kappa shape index (κ1) is 22.0. The first-order valence-electron chi connectivity index (χ1n) is 10.7. The van der Waals surface area contributed by atoms with E-state index < -0.39 is 0 Å². The van der Waals surface area contributed by atoms with Crippen LogP contribution in [-0.4, -0.2) is 23.1 Å². The van der Waals surface area contributed by atoms with E-state index in [0.29, 0.717) is 23.9 Å². The summed E-state index contributed by atoms with van der Waals surface area (Å²) >= 11 is 6.22. The van der Waals surface area contributed by atoms with Crippen LogP contribution in [0.2, 0.25) is 5.02 Å². The minimum Gasteiger partial charge on any atom is -0.369 e. The highest BCUT2D eigenvalue weighted by atomic mass is 35.5. The summed E-state index contributed by atoms with van der Waals surface area (Å²) in [5.74, 6) is 1.41. The standard InChI is InChI=1S/C27H27ClN4/c1-27(2,17-29)18-30-26-23-14-13-22(28)16-24(23)31-25(32-26)15-10-19-8-11-21(12-9-19)20-6-4-3-5-7-20/h3-16H,17-18,29H2,1-2H3,(H,30,31,32). The minimum atomic E-state index is -0.0415. The summed E-state index contributed by atoms with van der Waals surface area (Å²) in [6.07, 6.45) is 3.95. The summed E-state index contributed by atoms with van der Waals surface area (Å²) in [7, 11) is 0. The van der Waals surface area contributed by atoms with E-state index >= 15 is 0 Å².